The van der Waals surface area contributed by atoms with Crippen molar-refractivity contribution in [3.8, 4) is 83.8 Å². The summed E-state index contributed by atoms with van der Waals surface area (Å²) in [5.74, 6) is 0. The predicted molar refractivity (Wildman–Crippen MR) is 252 cm³/mol. The first kappa shape index (κ1) is 35.9. The minimum absolute atomic E-state index is 0.897. The molecule has 286 valence electrons. The number of nitrogens with zero attached hydrogens (tertiary/aromatic N) is 4. The van der Waals surface area contributed by atoms with Crippen molar-refractivity contribution in [2.75, 3.05) is 0 Å². The first-order valence-electron chi connectivity index (χ1n) is 20.6. The van der Waals surface area contributed by atoms with Crippen LogP contribution in [0, 0.1) is 0 Å². The van der Waals surface area contributed by atoms with Gasteiger partial charge in [0, 0.05) is 52.4 Å². The van der Waals surface area contributed by atoms with Crippen LogP contribution in [0.25, 0.3) is 106 Å². The maximum absolute atomic E-state index is 5.06. The number of para-hydroxylation sites is 2. The molecular formula is C57H38N4. The molecule has 0 saturated carbocycles. The summed E-state index contributed by atoms with van der Waals surface area (Å²) < 4.78 is 2.41. The van der Waals surface area contributed by atoms with Gasteiger partial charge in [-0.15, -0.1) is 0 Å². The Hall–Kier alpha value is -8.21. The number of fused-ring (bicyclic) bond motifs is 3. The summed E-state index contributed by atoms with van der Waals surface area (Å²) in [6.07, 6.45) is 7.24. The van der Waals surface area contributed by atoms with Gasteiger partial charge < -0.3 is 4.57 Å². The summed E-state index contributed by atoms with van der Waals surface area (Å²) in [5.41, 5.74) is 18.9. The SMILES string of the molecule is c1ccc(-c2cccc(-c3ccc(-c4cc(-c5ccc(-c6cc(-c7ccncc7)nc(-c7ccncc7)c6)cc5)cc(-n5c6ccccc6c6ccccc65)c4)cc3)c2)cc1. The summed E-state index contributed by atoms with van der Waals surface area (Å²) in [4.78, 5) is 13.5. The summed E-state index contributed by atoms with van der Waals surface area (Å²) in [7, 11) is 0. The highest BCUT2D eigenvalue weighted by molar-refractivity contribution is 6.09. The van der Waals surface area contributed by atoms with Crippen molar-refractivity contribution in [1.29, 1.82) is 0 Å². The summed E-state index contributed by atoms with van der Waals surface area (Å²) in [6.45, 7) is 0. The number of pyridine rings is 3. The average Bonchev–Trinajstić information content (AvgIpc) is 3.69. The van der Waals surface area contributed by atoms with Gasteiger partial charge in [0.25, 0.3) is 0 Å². The van der Waals surface area contributed by atoms with E-state index in [9.17, 15) is 0 Å². The van der Waals surface area contributed by atoms with E-state index in [1.54, 1.807) is 0 Å². The maximum Gasteiger partial charge on any atom is 0.0716 e. The molecule has 0 fully saturated rings. The first-order chi connectivity index (χ1) is 30.2. The standard InChI is InChI=1S/C57H38N4/c1-2-9-39(10-3-1)46-11-8-12-47(33-46)40-17-19-41(20-18-40)48-34-49(36-51(35-48)61-56-15-6-4-13-52(56)53-14-5-7-16-57(53)61)42-21-23-43(24-22-42)50-37-54(44-25-29-58-30-26-44)60-55(38-50)45-27-31-59-32-28-45/h1-38H. The van der Waals surface area contributed by atoms with E-state index in [0.717, 1.165) is 61.6 Å². The monoisotopic (exact) mass is 778 g/mol. The van der Waals surface area contributed by atoms with Gasteiger partial charge in [-0.25, -0.2) is 4.98 Å². The second kappa shape index (κ2) is 15.5. The van der Waals surface area contributed by atoms with Crippen LogP contribution in [0.15, 0.2) is 231 Å². The zero-order valence-electron chi connectivity index (χ0n) is 33.2. The smallest absolute Gasteiger partial charge is 0.0716 e. The van der Waals surface area contributed by atoms with Crippen LogP contribution < -0.4 is 0 Å². The molecule has 61 heavy (non-hydrogen) atoms. The Morgan fingerprint density at radius 3 is 1.13 bits per heavy atom. The lowest BCUT2D eigenvalue weighted by atomic mass is 9.94. The van der Waals surface area contributed by atoms with E-state index in [4.69, 9.17) is 4.98 Å². The zero-order valence-corrected chi connectivity index (χ0v) is 33.2. The van der Waals surface area contributed by atoms with Crippen LogP contribution in [0.2, 0.25) is 0 Å². The zero-order chi connectivity index (χ0) is 40.5. The normalized spacial score (nSPS) is 11.3. The Kier molecular flexibility index (Phi) is 9.14. The van der Waals surface area contributed by atoms with Crippen LogP contribution in [-0.4, -0.2) is 19.5 Å². The highest BCUT2D eigenvalue weighted by Gasteiger charge is 2.15. The molecule has 0 aliphatic rings. The number of benzene rings is 7. The van der Waals surface area contributed by atoms with Crippen LogP contribution >= 0.6 is 0 Å². The molecule has 0 spiro atoms. The largest absolute Gasteiger partial charge is 0.309 e. The summed E-state index contributed by atoms with van der Waals surface area (Å²) in [5, 5.41) is 2.48. The third-order valence-electron chi connectivity index (χ3n) is 11.6. The van der Waals surface area contributed by atoms with Crippen LogP contribution in [0.1, 0.15) is 0 Å². The number of hydrogen-bond acceptors (Lipinski definition) is 3. The first-order valence-corrected chi connectivity index (χ1v) is 20.6. The number of aromatic nitrogens is 4. The molecule has 7 aromatic carbocycles. The molecule has 4 heteroatoms. The van der Waals surface area contributed by atoms with Crippen LogP contribution in [0.5, 0.6) is 0 Å². The Bertz CT molecular complexity index is 3210. The summed E-state index contributed by atoms with van der Waals surface area (Å²) in [6, 6.07) is 74.1. The Morgan fingerprint density at radius 1 is 0.262 bits per heavy atom. The molecule has 0 aliphatic heterocycles. The van der Waals surface area contributed by atoms with Gasteiger partial charge in [-0.1, -0.05) is 133 Å². The van der Waals surface area contributed by atoms with Gasteiger partial charge in [0.2, 0.25) is 0 Å². The molecule has 0 radical (unpaired) electrons. The molecular weight excluding hydrogens is 741 g/mol. The molecule has 11 rings (SSSR count). The van der Waals surface area contributed by atoms with E-state index in [1.165, 1.54) is 44.1 Å². The highest BCUT2D eigenvalue weighted by Crippen LogP contribution is 2.38. The lowest BCUT2D eigenvalue weighted by Crippen LogP contribution is -1.96. The molecule has 0 N–H and O–H groups in total. The minimum Gasteiger partial charge on any atom is -0.309 e. The molecule has 0 unspecified atom stereocenters. The second-order valence-electron chi connectivity index (χ2n) is 15.3. The molecule has 0 amide bonds. The Balaban J connectivity index is 1.02. The Labute approximate surface area is 354 Å². The van der Waals surface area contributed by atoms with Crippen LogP contribution in [0.4, 0.5) is 0 Å². The van der Waals surface area contributed by atoms with Crippen molar-refractivity contribution in [1.82, 2.24) is 19.5 Å². The van der Waals surface area contributed by atoms with Crippen molar-refractivity contribution in [3.05, 3.63) is 231 Å². The maximum atomic E-state index is 5.06. The third-order valence-corrected chi connectivity index (χ3v) is 11.6. The molecule has 0 bridgehead atoms. The van der Waals surface area contributed by atoms with Gasteiger partial charge in [0.05, 0.1) is 22.4 Å². The highest BCUT2D eigenvalue weighted by atomic mass is 15.0. The van der Waals surface area contributed by atoms with Crippen molar-refractivity contribution in [2.24, 2.45) is 0 Å². The van der Waals surface area contributed by atoms with Gasteiger partial charge in [0.15, 0.2) is 0 Å². The lowest BCUT2D eigenvalue weighted by Gasteiger charge is -2.15. The van der Waals surface area contributed by atoms with Gasteiger partial charge in [-0.3, -0.25) is 9.97 Å². The molecule has 4 heterocycles. The topological polar surface area (TPSA) is 43.6 Å². The van der Waals surface area contributed by atoms with E-state index in [2.05, 4.69) is 197 Å². The van der Waals surface area contributed by atoms with Crippen molar-refractivity contribution in [3.63, 3.8) is 0 Å². The van der Waals surface area contributed by atoms with Crippen LogP contribution in [-0.2, 0) is 0 Å². The van der Waals surface area contributed by atoms with E-state index < -0.39 is 0 Å². The molecule has 0 atom stereocenters. The van der Waals surface area contributed by atoms with E-state index in [0.29, 0.717) is 0 Å². The summed E-state index contributed by atoms with van der Waals surface area (Å²) >= 11 is 0. The van der Waals surface area contributed by atoms with Gasteiger partial charge in [-0.05, 0) is 128 Å². The van der Waals surface area contributed by atoms with Crippen LogP contribution in [0.3, 0.4) is 0 Å². The average molecular weight is 779 g/mol. The fraction of sp³-hybridized carbons (Fsp3) is 0. The molecule has 4 aromatic heterocycles. The molecule has 11 aromatic rings. The predicted octanol–water partition coefficient (Wildman–Crippen LogP) is 14.6. The van der Waals surface area contributed by atoms with Gasteiger partial charge >= 0.3 is 0 Å². The second-order valence-corrected chi connectivity index (χ2v) is 15.3. The fourth-order valence-corrected chi connectivity index (χ4v) is 8.53. The molecule has 0 saturated heterocycles. The van der Waals surface area contributed by atoms with Gasteiger partial charge in [-0.2, -0.15) is 0 Å². The van der Waals surface area contributed by atoms with Crippen molar-refractivity contribution in [2.45, 2.75) is 0 Å². The van der Waals surface area contributed by atoms with E-state index in [-0.39, 0.29) is 0 Å². The van der Waals surface area contributed by atoms with E-state index >= 15 is 0 Å². The third kappa shape index (κ3) is 6.96. The minimum atomic E-state index is 0.897. The van der Waals surface area contributed by atoms with E-state index in [1.807, 2.05) is 49.1 Å². The fourth-order valence-electron chi connectivity index (χ4n) is 8.53. The van der Waals surface area contributed by atoms with Crippen molar-refractivity contribution < 1.29 is 0 Å². The number of hydrogen-bond donors (Lipinski definition) is 0. The molecule has 0 aliphatic carbocycles. The molecule has 4 nitrogen and oxygen atoms in total. The Morgan fingerprint density at radius 2 is 0.639 bits per heavy atom. The number of rotatable bonds is 8. The quantitative estimate of drug-likeness (QED) is 0.154. The van der Waals surface area contributed by atoms with Crippen molar-refractivity contribution >= 4 is 21.8 Å². The van der Waals surface area contributed by atoms with Gasteiger partial charge in [0.1, 0.15) is 0 Å². The lowest BCUT2D eigenvalue weighted by molar-refractivity contribution is 1.18.